The van der Waals surface area contributed by atoms with Crippen LogP contribution < -0.4 is 10.6 Å². The highest BCUT2D eigenvalue weighted by Gasteiger charge is 2.37. The lowest BCUT2D eigenvalue weighted by atomic mass is 9.78. The number of nitrogens with one attached hydrogen (secondary N) is 3. The molecule has 1 aromatic carbocycles. The Hall–Kier alpha value is -2.22. The smallest absolute Gasteiger partial charge is 0.228 e. The van der Waals surface area contributed by atoms with Gasteiger partial charge in [0.2, 0.25) is 5.91 Å². The third-order valence-corrected chi connectivity index (χ3v) is 12.7. The molecule has 1 saturated carbocycles. The van der Waals surface area contributed by atoms with Gasteiger partial charge in [0.25, 0.3) is 0 Å². The van der Waals surface area contributed by atoms with Crippen molar-refractivity contribution in [2.24, 2.45) is 5.92 Å². The minimum Gasteiger partial charge on any atom is -0.353 e. The van der Waals surface area contributed by atoms with Crippen molar-refractivity contribution in [1.82, 2.24) is 20.1 Å². The van der Waals surface area contributed by atoms with Gasteiger partial charge in [-0.1, -0.05) is 58.4 Å². The molecule has 4 rings (SSSR count). The zero-order valence-electron chi connectivity index (χ0n) is 28.5. The van der Waals surface area contributed by atoms with Crippen LogP contribution in [-0.2, 0) is 8.98 Å². The summed E-state index contributed by atoms with van der Waals surface area (Å²) >= 11 is 15.7. The fraction of sp³-hybridized carbons (Fsp3) is 0.529. The Balaban J connectivity index is 0.000000468. The number of nitrogens with zero attached hydrogens (tertiary/aromatic N) is 3. The van der Waals surface area contributed by atoms with Gasteiger partial charge < -0.3 is 14.8 Å². The zero-order chi connectivity index (χ0) is 34.8. The second-order valence-electron chi connectivity index (χ2n) is 12.9. The summed E-state index contributed by atoms with van der Waals surface area (Å²) in [4.78, 5) is 19.5. The number of thiol groups is 1. The Labute approximate surface area is 296 Å². The monoisotopic (exact) mass is 724 g/mol. The van der Waals surface area contributed by atoms with Crippen molar-refractivity contribution in [2.75, 3.05) is 48.6 Å². The summed E-state index contributed by atoms with van der Waals surface area (Å²) in [5.41, 5.74) is 1.80. The summed E-state index contributed by atoms with van der Waals surface area (Å²) in [7, 11) is -0.860. The van der Waals surface area contributed by atoms with Gasteiger partial charge in [0, 0.05) is 57.5 Å². The van der Waals surface area contributed by atoms with Crippen LogP contribution in [-0.4, -0.2) is 74.7 Å². The Morgan fingerprint density at radius 2 is 1.89 bits per heavy atom. The number of pyridine rings is 1. The number of halogens is 2. The summed E-state index contributed by atoms with van der Waals surface area (Å²) in [6.45, 7) is 13.9. The molecule has 0 unspecified atom stereocenters. The number of rotatable bonds is 13. The fourth-order valence-electron chi connectivity index (χ4n) is 4.75. The van der Waals surface area contributed by atoms with E-state index < -0.39 is 16.1 Å². The lowest BCUT2D eigenvalue weighted by molar-refractivity contribution is -0.124. The minimum atomic E-state index is -0.860. The van der Waals surface area contributed by atoms with Gasteiger partial charge in [0.15, 0.2) is 0 Å². The van der Waals surface area contributed by atoms with E-state index in [0.717, 1.165) is 51.1 Å². The first kappa shape index (κ1) is 39.2. The molecular formula is C34H50ClFN6O2S3. The molecule has 1 amide bonds. The van der Waals surface area contributed by atoms with Crippen LogP contribution in [0, 0.1) is 16.4 Å². The topological polar surface area (TPSA) is 95.2 Å². The summed E-state index contributed by atoms with van der Waals surface area (Å²) in [6.07, 6.45) is 9.96. The first-order chi connectivity index (χ1) is 22.2. The van der Waals surface area contributed by atoms with Crippen LogP contribution in [0.1, 0.15) is 60.3 Å². The molecule has 2 aromatic heterocycles. The average Bonchev–Trinajstić information content (AvgIpc) is 2.98. The fourth-order valence-corrected chi connectivity index (χ4v) is 6.27. The molecule has 47 heavy (non-hydrogen) atoms. The minimum absolute atomic E-state index is 0.0295. The van der Waals surface area contributed by atoms with Crippen LogP contribution in [0.3, 0.4) is 0 Å². The van der Waals surface area contributed by atoms with Crippen LogP contribution in [0.25, 0.3) is 11.3 Å². The Morgan fingerprint density at radius 3 is 2.53 bits per heavy atom. The van der Waals surface area contributed by atoms with E-state index in [1.165, 1.54) is 18.2 Å². The number of aromatic nitrogens is 3. The highest BCUT2D eigenvalue weighted by atomic mass is 35.5. The van der Waals surface area contributed by atoms with Crippen molar-refractivity contribution in [2.45, 2.75) is 71.1 Å². The summed E-state index contributed by atoms with van der Waals surface area (Å²) < 4.78 is 20.8. The summed E-state index contributed by atoms with van der Waals surface area (Å²) in [6, 6.07) is 9.83. The quantitative estimate of drug-likeness (QED) is 0.103. The molecule has 0 aliphatic heterocycles. The molecule has 3 N–H and O–H groups in total. The van der Waals surface area contributed by atoms with E-state index in [1.807, 2.05) is 0 Å². The number of carbonyl (C=O) groups is 1. The van der Waals surface area contributed by atoms with Crippen LogP contribution in [0.2, 0.25) is 5.02 Å². The molecular weight excluding hydrogens is 675 g/mol. The Bertz CT molecular complexity index is 1520. The van der Waals surface area contributed by atoms with Crippen molar-refractivity contribution >= 4 is 69.9 Å². The van der Waals surface area contributed by atoms with Crippen molar-refractivity contribution in [3.05, 3.63) is 58.1 Å². The van der Waals surface area contributed by atoms with E-state index in [4.69, 9.17) is 28.0 Å². The molecule has 1 aliphatic rings. The Morgan fingerprint density at radius 1 is 1.17 bits per heavy atom. The standard InChI is InChI=1S/C25H28ClFN6OS2.C9H22OS/c1-2-7-33(8-9-35)18-10-15(11-18)24(34)30-23-13-17(5-6-28-23)29-22-14-21(31-32-25(22)36)19-12-16(26)3-4-20(19)27;1-7-8-10-11(5,6)9(2,3)4/h3-6,12-15,18,35H,2,7-11H2,1H3,(H,32,36)(H2,28,29,30,31,34);7-8H2,1-6H3. The summed E-state index contributed by atoms with van der Waals surface area (Å²) in [5, 5.41) is 13.4. The third-order valence-electron chi connectivity index (χ3n) is 8.25. The van der Waals surface area contributed by atoms with Crippen molar-refractivity contribution in [3.8, 4) is 11.3 Å². The number of hydrogen-bond acceptors (Lipinski definition) is 8. The highest BCUT2D eigenvalue weighted by molar-refractivity contribution is 8.29. The van der Waals surface area contributed by atoms with Gasteiger partial charge in [-0.05, 0) is 75.1 Å². The van der Waals surface area contributed by atoms with Gasteiger partial charge in [-0.2, -0.15) is 17.7 Å². The number of aromatic amines is 1. The number of amides is 1. The second-order valence-corrected chi connectivity index (χ2v) is 18.1. The molecule has 2 heterocycles. The molecule has 8 nitrogen and oxygen atoms in total. The summed E-state index contributed by atoms with van der Waals surface area (Å²) in [5.74, 6) is 0.752. The molecule has 1 aliphatic carbocycles. The number of anilines is 3. The van der Waals surface area contributed by atoms with E-state index in [9.17, 15) is 9.18 Å². The number of H-pyrrole nitrogens is 1. The number of carbonyl (C=O) groups excluding carboxylic acids is 1. The number of hydrogen-bond donors (Lipinski definition) is 4. The average molecular weight is 725 g/mol. The van der Waals surface area contributed by atoms with Gasteiger partial charge in [-0.25, -0.2) is 9.37 Å². The molecule has 0 atom stereocenters. The van der Waals surface area contributed by atoms with Gasteiger partial charge in [-0.3, -0.25) is 14.8 Å². The van der Waals surface area contributed by atoms with E-state index in [1.54, 1.807) is 24.4 Å². The van der Waals surface area contributed by atoms with Crippen molar-refractivity contribution in [3.63, 3.8) is 0 Å². The van der Waals surface area contributed by atoms with Crippen LogP contribution in [0.15, 0.2) is 42.6 Å². The van der Waals surface area contributed by atoms with Gasteiger partial charge >= 0.3 is 0 Å². The third kappa shape index (κ3) is 11.4. The van der Waals surface area contributed by atoms with Crippen molar-refractivity contribution in [1.29, 1.82) is 0 Å². The molecule has 0 saturated heterocycles. The van der Waals surface area contributed by atoms with E-state index in [-0.39, 0.29) is 17.4 Å². The van der Waals surface area contributed by atoms with E-state index in [2.05, 4.69) is 90.5 Å². The van der Waals surface area contributed by atoms with Crippen molar-refractivity contribution < 1.29 is 13.4 Å². The van der Waals surface area contributed by atoms with Crippen LogP contribution in [0.4, 0.5) is 21.6 Å². The Kier molecular flexibility index (Phi) is 15.0. The predicted molar refractivity (Wildman–Crippen MR) is 204 cm³/mol. The van der Waals surface area contributed by atoms with Gasteiger partial charge in [0.05, 0.1) is 18.0 Å². The van der Waals surface area contributed by atoms with Crippen LogP contribution in [0.5, 0.6) is 0 Å². The second kappa shape index (κ2) is 18.0. The number of benzene rings is 1. The first-order valence-corrected chi connectivity index (χ1v) is 19.8. The lowest BCUT2D eigenvalue weighted by Gasteiger charge is -2.43. The van der Waals surface area contributed by atoms with E-state index in [0.29, 0.717) is 43.3 Å². The molecule has 0 bridgehead atoms. The van der Waals surface area contributed by atoms with Gasteiger partial charge in [-0.15, -0.1) is 10.3 Å². The largest absolute Gasteiger partial charge is 0.353 e. The normalized spacial score (nSPS) is 16.6. The zero-order valence-corrected chi connectivity index (χ0v) is 31.8. The maximum Gasteiger partial charge on any atom is 0.228 e. The maximum absolute atomic E-state index is 14.3. The van der Waals surface area contributed by atoms with Gasteiger partial charge in [0.1, 0.15) is 16.3 Å². The molecule has 260 valence electrons. The van der Waals surface area contributed by atoms with E-state index >= 15 is 0 Å². The molecule has 1 fully saturated rings. The lowest BCUT2D eigenvalue weighted by Crippen LogP contribution is -2.49. The maximum atomic E-state index is 14.3. The van der Waals surface area contributed by atoms with Crippen LogP contribution >= 0.6 is 46.8 Å². The molecule has 0 spiro atoms. The molecule has 13 heteroatoms. The first-order valence-electron chi connectivity index (χ1n) is 16.0. The SMILES string of the molecule is CCCN(CCS)C1CC(C(=O)Nc2cc(Nc3cc(-c4cc(Cl)ccc4F)n[nH]c3=S)ccn2)C1.CCCOS(C)(C)C(C)(C)C. The predicted octanol–water partition coefficient (Wildman–Crippen LogP) is 9.29. The molecule has 3 aromatic rings. The highest BCUT2D eigenvalue weighted by Crippen LogP contribution is 2.53. The molecule has 0 radical (unpaired) electrons.